The van der Waals surface area contributed by atoms with E-state index in [-0.39, 0.29) is 50.7 Å². The molecule has 0 bridgehead atoms. The minimum Gasteiger partial charge on any atom is -0.627 e. The van der Waals surface area contributed by atoms with Crippen molar-refractivity contribution in [3.8, 4) is 0 Å². The van der Waals surface area contributed by atoms with Crippen LogP contribution in [0.15, 0.2) is 36.4 Å². The molecule has 0 saturated carbocycles. The summed E-state index contributed by atoms with van der Waals surface area (Å²) in [6.07, 6.45) is 9.95. The van der Waals surface area contributed by atoms with E-state index in [1.165, 1.54) is 19.2 Å². The summed E-state index contributed by atoms with van der Waals surface area (Å²) in [6.45, 7) is 2.62. The van der Waals surface area contributed by atoms with Gasteiger partial charge in [0.05, 0.1) is 25.9 Å². The highest BCUT2D eigenvalue weighted by atomic mass is 16.5. The highest BCUT2D eigenvalue weighted by molar-refractivity contribution is 5.80. The minimum atomic E-state index is -0.920. The van der Waals surface area contributed by atoms with E-state index in [1.54, 1.807) is 18.2 Å². The molecule has 2 atom stereocenters. The molecule has 224 valence electrons. The Balaban J connectivity index is 3.94. The van der Waals surface area contributed by atoms with E-state index in [0.717, 1.165) is 11.5 Å². The third-order valence-corrected chi connectivity index (χ3v) is 5.45. The number of aliphatic hydroxyl groups is 2. The molecule has 0 aliphatic carbocycles. The van der Waals surface area contributed by atoms with Gasteiger partial charge in [0.1, 0.15) is 6.23 Å². The highest BCUT2D eigenvalue weighted by Gasteiger charge is 2.13. The van der Waals surface area contributed by atoms with Gasteiger partial charge in [-0.2, -0.15) is 5.06 Å². The van der Waals surface area contributed by atoms with Gasteiger partial charge in [0.15, 0.2) is 5.88 Å². The lowest BCUT2D eigenvalue weighted by Crippen LogP contribution is -3.10. The largest absolute Gasteiger partial charge is 0.627 e. The van der Waals surface area contributed by atoms with Gasteiger partial charge in [-0.15, -0.1) is 0 Å². The zero-order valence-electron chi connectivity index (χ0n) is 22.8. The first kappa shape index (κ1) is 36.0. The Bertz CT molecular complexity index is 791. The number of carbonyl (C=O) groups is 3. The molecule has 39 heavy (non-hydrogen) atoms. The number of unbranched alkanes of at least 4 members (excludes halogenated alkanes) is 3. The third-order valence-electron chi connectivity index (χ3n) is 5.45. The number of rotatable bonds is 22. The first-order valence-electron chi connectivity index (χ1n) is 13.2. The highest BCUT2D eigenvalue weighted by Crippen LogP contribution is 2.00. The van der Waals surface area contributed by atoms with Crippen LogP contribution in [0.1, 0.15) is 64.7 Å². The predicted octanol–water partition coefficient (Wildman–Crippen LogP) is -0.212. The Morgan fingerprint density at radius 3 is 2.44 bits per heavy atom. The molecular formula is C25H46N6O8. The smallest absolute Gasteiger partial charge is 0.312 e. The normalized spacial score (nSPS) is 13.6. The molecule has 0 spiro atoms. The molecule has 0 radical (unpaired) electrons. The number of amides is 3. The van der Waals surface area contributed by atoms with Crippen LogP contribution >= 0.6 is 0 Å². The number of hydroxylamine groups is 6. The Labute approximate surface area is 229 Å². The van der Waals surface area contributed by atoms with Crippen molar-refractivity contribution in [2.45, 2.75) is 70.9 Å². The van der Waals surface area contributed by atoms with Crippen LogP contribution in [-0.2, 0) is 14.4 Å². The molecule has 0 aliphatic heterocycles. The maximum absolute atomic E-state index is 12.0. The number of quaternary nitrogens is 1. The summed E-state index contributed by atoms with van der Waals surface area (Å²) >= 11 is 0. The quantitative estimate of drug-likeness (QED) is 0.0217. The molecule has 0 aliphatic rings. The fraction of sp³-hybridized carbons (Fsp3) is 0.640. The van der Waals surface area contributed by atoms with Crippen molar-refractivity contribution in [2.24, 2.45) is 5.73 Å². The molecule has 14 nitrogen and oxygen atoms in total. The first-order valence-corrected chi connectivity index (χ1v) is 13.2. The van der Waals surface area contributed by atoms with Gasteiger partial charge in [-0.25, -0.2) is 9.86 Å². The standard InChI is InChI=1S/C25H46N6O8/c1-21(32)29(37)18-9-3-6-16-27-22(33)12-14-25(36)31(39)20-10-4-7-17-28-23(34)11-13-24(35)30(38)19-8-2-5-15-26/h4-5,7,12,15,21,27,30,32-33,37,39H,2-3,6,8-11,13-14,16-20,26H2,1H3,(H,28,34)/b7-4+,15-5+,22-12-. The fourth-order valence-corrected chi connectivity index (χ4v) is 3.11. The minimum absolute atomic E-state index is 0.0251. The van der Waals surface area contributed by atoms with Crippen molar-refractivity contribution < 1.29 is 40.1 Å². The summed E-state index contributed by atoms with van der Waals surface area (Å²) in [4.78, 5) is 35.5. The monoisotopic (exact) mass is 558 g/mol. The van der Waals surface area contributed by atoms with Crippen LogP contribution in [0.3, 0.4) is 0 Å². The summed E-state index contributed by atoms with van der Waals surface area (Å²) in [5.74, 6) is -1.70. The molecule has 14 heteroatoms. The molecule has 0 saturated heterocycles. The van der Waals surface area contributed by atoms with Crippen LogP contribution in [0.2, 0.25) is 0 Å². The molecule has 0 aromatic heterocycles. The predicted molar refractivity (Wildman–Crippen MR) is 144 cm³/mol. The Hall–Kier alpha value is -3.01. The average Bonchev–Trinajstić information content (AvgIpc) is 2.91. The molecule has 9 N–H and O–H groups in total. The second-order valence-electron chi connectivity index (χ2n) is 8.82. The van der Waals surface area contributed by atoms with Crippen molar-refractivity contribution in [3.63, 3.8) is 0 Å². The molecule has 0 heterocycles. The number of nitrogens with one attached hydrogen (secondary N) is 3. The van der Waals surface area contributed by atoms with Crippen molar-refractivity contribution in [1.29, 1.82) is 0 Å². The molecule has 0 fully saturated rings. The van der Waals surface area contributed by atoms with E-state index in [1.807, 2.05) is 0 Å². The number of nitrogens with zero attached hydrogens (tertiary/aromatic N) is 2. The Morgan fingerprint density at radius 2 is 1.74 bits per heavy atom. The van der Waals surface area contributed by atoms with Crippen LogP contribution < -0.4 is 21.4 Å². The topological polar surface area (TPSA) is 216 Å². The summed E-state index contributed by atoms with van der Waals surface area (Å²) in [6, 6.07) is 0. The second kappa shape index (κ2) is 22.9. The molecule has 0 rings (SSSR count). The van der Waals surface area contributed by atoms with Crippen molar-refractivity contribution in [2.75, 3.05) is 32.7 Å². The third kappa shape index (κ3) is 20.6. The summed E-state index contributed by atoms with van der Waals surface area (Å²) in [5.41, 5.74) is 5.20. The van der Waals surface area contributed by atoms with Crippen LogP contribution in [0.4, 0.5) is 0 Å². The molecule has 3 amide bonds. The van der Waals surface area contributed by atoms with Crippen molar-refractivity contribution in [1.82, 2.24) is 20.8 Å². The van der Waals surface area contributed by atoms with Crippen LogP contribution in [0, 0.1) is 5.21 Å². The van der Waals surface area contributed by atoms with E-state index in [2.05, 4.69) is 10.6 Å². The Morgan fingerprint density at radius 1 is 1.00 bits per heavy atom. The summed E-state index contributed by atoms with van der Waals surface area (Å²) < 4.78 is 0. The summed E-state index contributed by atoms with van der Waals surface area (Å²) in [7, 11) is 0. The summed E-state index contributed by atoms with van der Waals surface area (Å²) in [5, 5.41) is 56.1. The lowest BCUT2D eigenvalue weighted by Gasteiger charge is -2.18. The van der Waals surface area contributed by atoms with Crippen molar-refractivity contribution in [3.05, 3.63) is 41.6 Å². The van der Waals surface area contributed by atoms with Crippen LogP contribution in [0.5, 0.6) is 0 Å². The van der Waals surface area contributed by atoms with E-state index in [4.69, 9.17) is 10.8 Å². The maximum Gasteiger partial charge on any atom is 0.312 e. The van der Waals surface area contributed by atoms with Crippen LogP contribution in [-0.4, -0.2) is 87.4 Å². The lowest BCUT2D eigenvalue weighted by molar-refractivity contribution is -0.765. The van der Waals surface area contributed by atoms with Gasteiger partial charge < -0.3 is 42.1 Å². The molecular weight excluding hydrogens is 512 g/mol. The first-order chi connectivity index (χ1) is 18.6. The van der Waals surface area contributed by atoms with E-state index >= 15 is 0 Å². The lowest BCUT2D eigenvalue weighted by atomic mass is 10.2. The SMILES string of the molecule is CC(O)N(O)CCCCCN/C(O)=C/CC(=O)N(O)CC/C=C/CNC(=O)CCC(=O)[NH+]([O-])CCC/C=C/N. The van der Waals surface area contributed by atoms with E-state index in [9.17, 15) is 35.1 Å². The number of carbonyl (C=O) groups excluding carboxylic acids is 3. The second-order valence-corrected chi connectivity index (χ2v) is 8.82. The molecule has 0 aromatic rings. The van der Waals surface area contributed by atoms with Gasteiger partial charge >= 0.3 is 5.91 Å². The van der Waals surface area contributed by atoms with E-state index < -0.39 is 23.1 Å². The number of allylic oxidation sites excluding steroid dienone is 1. The molecule has 2 unspecified atom stereocenters. The maximum atomic E-state index is 12.0. The van der Waals surface area contributed by atoms with Crippen LogP contribution in [0.25, 0.3) is 0 Å². The number of hydrogen-bond acceptors (Lipinski definition) is 11. The van der Waals surface area contributed by atoms with Gasteiger partial charge in [0.2, 0.25) is 11.8 Å². The van der Waals surface area contributed by atoms with Gasteiger partial charge in [0.25, 0.3) is 0 Å². The average molecular weight is 559 g/mol. The Kier molecular flexibility index (Phi) is 21.2. The van der Waals surface area contributed by atoms with Gasteiger partial charge in [-0.1, -0.05) is 24.6 Å². The number of nitrogens with two attached hydrogens (primary N) is 1. The van der Waals surface area contributed by atoms with E-state index in [0.29, 0.717) is 50.3 Å². The zero-order valence-corrected chi connectivity index (χ0v) is 22.8. The fourth-order valence-electron chi connectivity index (χ4n) is 3.11. The number of aliphatic hydroxyl groups excluding tert-OH is 2. The van der Waals surface area contributed by atoms with Gasteiger partial charge in [0, 0.05) is 32.5 Å². The zero-order chi connectivity index (χ0) is 29.5. The molecule has 0 aromatic carbocycles. The van der Waals surface area contributed by atoms with Gasteiger partial charge in [-0.3, -0.25) is 14.8 Å². The van der Waals surface area contributed by atoms with Crippen molar-refractivity contribution >= 4 is 17.7 Å². The van der Waals surface area contributed by atoms with Gasteiger partial charge in [-0.05, 0) is 44.9 Å². The number of hydrogen-bond donors (Lipinski definition) is 8.